The van der Waals surface area contributed by atoms with Crippen molar-refractivity contribution in [2.45, 2.75) is 19.4 Å². The van der Waals surface area contributed by atoms with Gasteiger partial charge in [-0.05, 0) is 19.9 Å². The van der Waals surface area contributed by atoms with E-state index in [0.717, 1.165) is 0 Å². The average Bonchev–Trinajstić information content (AvgIpc) is 2.02. The van der Waals surface area contributed by atoms with Crippen LogP contribution in [0.5, 0.6) is 5.88 Å². The van der Waals surface area contributed by atoms with Crippen LogP contribution in [0, 0.1) is 0 Å². The number of aromatic nitrogens is 1. The topological polar surface area (TPSA) is 42.4 Å². The van der Waals surface area contributed by atoms with E-state index in [0.29, 0.717) is 16.5 Å². The smallest absolute Gasteiger partial charge is 0.232 e. The van der Waals surface area contributed by atoms with Crippen molar-refractivity contribution in [3.05, 3.63) is 22.8 Å². The second-order valence-corrected chi connectivity index (χ2v) is 3.62. The molecule has 0 spiro atoms. The highest BCUT2D eigenvalue weighted by Gasteiger charge is 2.21. The van der Waals surface area contributed by atoms with Gasteiger partial charge in [-0.3, -0.25) is 0 Å². The molecule has 0 atom stereocenters. The van der Waals surface area contributed by atoms with Crippen LogP contribution in [-0.4, -0.2) is 17.2 Å². The number of ether oxygens (including phenoxy) is 1. The first-order valence-electron chi connectivity index (χ1n) is 3.88. The van der Waals surface area contributed by atoms with Gasteiger partial charge in [0, 0.05) is 11.8 Å². The lowest BCUT2D eigenvalue weighted by molar-refractivity contribution is 0.0783. The van der Waals surface area contributed by atoms with Gasteiger partial charge < -0.3 is 9.84 Å². The van der Waals surface area contributed by atoms with Crippen LogP contribution in [0.1, 0.15) is 19.4 Å². The van der Waals surface area contributed by atoms with E-state index in [2.05, 4.69) is 4.98 Å². The third kappa shape index (κ3) is 2.11. The third-order valence-corrected chi connectivity index (χ3v) is 2.07. The van der Waals surface area contributed by atoms with E-state index in [1.807, 2.05) is 0 Å². The van der Waals surface area contributed by atoms with Crippen molar-refractivity contribution in [3.8, 4) is 5.88 Å². The quantitative estimate of drug-likeness (QED) is 0.796. The van der Waals surface area contributed by atoms with Crippen LogP contribution >= 0.6 is 11.6 Å². The molecule has 0 saturated carbocycles. The molecule has 0 amide bonds. The van der Waals surface area contributed by atoms with E-state index in [9.17, 15) is 5.11 Å². The molecule has 1 aromatic heterocycles. The summed E-state index contributed by atoms with van der Waals surface area (Å²) < 4.78 is 4.93. The summed E-state index contributed by atoms with van der Waals surface area (Å²) in [6.45, 7) is 3.32. The molecule has 0 aliphatic carbocycles. The van der Waals surface area contributed by atoms with Gasteiger partial charge in [0.05, 0.1) is 12.7 Å². The number of hydrogen-bond acceptors (Lipinski definition) is 3. The lowest BCUT2D eigenvalue weighted by Crippen LogP contribution is -2.16. The molecule has 0 aromatic carbocycles. The summed E-state index contributed by atoms with van der Waals surface area (Å²) >= 11 is 5.95. The number of aliphatic hydroxyl groups is 1. The number of halogens is 1. The zero-order chi connectivity index (χ0) is 10.1. The first-order chi connectivity index (χ1) is 5.96. The number of pyridine rings is 1. The van der Waals surface area contributed by atoms with Crippen molar-refractivity contribution >= 4 is 11.6 Å². The van der Waals surface area contributed by atoms with Crippen LogP contribution in [0.4, 0.5) is 0 Å². The van der Waals surface area contributed by atoms with Crippen molar-refractivity contribution in [3.63, 3.8) is 0 Å². The fourth-order valence-electron chi connectivity index (χ4n) is 1.04. The molecule has 0 fully saturated rings. The minimum atomic E-state index is -0.979. The van der Waals surface area contributed by atoms with Crippen molar-refractivity contribution in [2.75, 3.05) is 7.11 Å². The van der Waals surface area contributed by atoms with Crippen LogP contribution in [0.25, 0.3) is 0 Å². The molecule has 1 N–H and O–H groups in total. The van der Waals surface area contributed by atoms with Gasteiger partial charge in [0.1, 0.15) is 5.02 Å². The molecular formula is C9H12ClNO2. The molecule has 0 saturated heterocycles. The van der Waals surface area contributed by atoms with E-state index in [1.165, 1.54) is 7.11 Å². The Balaban J connectivity index is 3.24. The van der Waals surface area contributed by atoms with Gasteiger partial charge in [0.2, 0.25) is 5.88 Å². The normalized spacial score (nSPS) is 11.5. The summed E-state index contributed by atoms with van der Waals surface area (Å²) in [6, 6.07) is 1.67. The van der Waals surface area contributed by atoms with Crippen LogP contribution in [0.3, 0.4) is 0 Å². The number of nitrogens with zero attached hydrogens (tertiary/aromatic N) is 1. The van der Waals surface area contributed by atoms with Crippen LogP contribution in [-0.2, 0) is 5.60 Å². The van der Waals surface area contributed by atoms with Crippen molar-refractivity contribution < 1.29 is 9.84 Å². The standard InChI is InChI=1S/C9H12ClNO2/c1-9(2,12)6-4-5-11-8(13-3)7(6)10/h4-5,12H,1-3H3. The van der Waals surface area contributed by atoms with Gasteiger partial charge in [0.15, 0.2) is 0 Å². The molecule has 72 valence electrons. The third-order valence-electron chi connectivity index (χ3n) is 1.71. The van der Waals surface area contributed by atoms with E-state index in [4.69, 9.17) is 16.3 Å². The van der Waals surface area contributed by atoms with Crippen molar-refractivity contribution in [2.24, 2.45) is 0 Å². The van der Waals surface area contributed by atoms with Gasteiger partial charge in [-0.15, -0.1) is 0 Å². The molecule has 0 aliphatic rings. The highest BCUT2D eigenvalue weighted by molar-refractivity contribution is 6.32. The number of hydrogen-bond donors (Lipinski definition) is 1. The van der Waals surface area contributed by atoms with Crippen molar-refractivity contribution in [1.82, 2.24) is 4.98 Å². The molecule has 0 aliphatic heterocycles. The Kier molecular flexibility index (Phi) is 2.78. The number of rotatable bonds is 2. The van der Waals surface area contributed by atoms with E-state index < -0.39 is 5.60 Å². The van der Waals surface area contributed by atoms with Gasteiger partial charge >= 0.3 is 0 Å². The average molecular weight is 202 g/mol. The summed E-state index contributed by atoms with van der Waals surface area (Å²) in [5.41, 5.74) is -0.367. The highest BCUT2D eigenvalue weighted by atomic mass is 35.5. The summed E-state index contributed by atoms with van der Waals surface area (Å²) in [6.07, 6.45) is 1.55. The Morgan fingerprint density at radius 1 is 1.54 bits per heavy atom. The minimum Gasteiger partial charge on any atom is -0.480 e. The molecule has 1 rings (SSSR count). The van der Waals surface area contributed by atoms with E-state index >= 15 is 0 Å². The molecule has 1 heterocycles. The summed E-state index contributed by atoms with van der Waals surface area (Å²) in [7, 11) is 1.49. The predicted molar refractivity (Wildman–Crippen MR) is 51.0 cm³/mol. The number of methoxy groups -OCH3 is 1. The van der Waals surface area contributed by atoms with Crippen LogP contribution < -0.4 is 4.74 Å². The lowest BCUT2D eigenvalue weighted by atomic mass is 10.00. The second kappa shape index (κ2) is 3.52. The molecule has 0 unspecified atom stereocenters. The van der Waals surface area contributed by atoms with Gasteiger partial charge in [-0.1, -0.05) is 11.6 Å². The Morgan fingerprint density at radius 2 is 2.15 bits per heavy atom. The van der Waals surface area contributed by atoms with E-state index in [-0.39, 0.29) is 0 Å². The summed E-state index contributed by atoms with van der Waals surface area (Å²) in [5.74, 6) is 0.335. The van der Waals surface area contributed by atoms with Gasteiger partial charge in [0.25, 0.3) is 0 Å². The van der Waals surface area contributed by atoms with E-state index in [1.54, 1.807) is 26.1 Å². The summed E-state index contributed by atoms with van der Waals surface area (Å²) in [5, 5.41) is 10.1. The van der Waals surface area contributed by atoms with Crippen molar-refractivity contribution in [1.29, 1.82) is 0 Å². The zero-order valence-corrected chi connectivity index (χ0v) is 8.59. The van der Waals surface area contributed by atoms with Gasteiger partial charge in [-0.2, -0.15) is 0 Å². The Labute approximate surface area is 82.3 Å². The fourth-order valence-corrected chi connectivity index (χ4v) is 1.46. The van der Waals surface area contributed by atoms with Gasteiger partial charge in [-0.25, -0.2) is 4.98 Å². The molecule has 3 nitrogen and oxygen atoms in total. The zero-order valence-electron chi connectivity index (χ0n) is 7.84. The second-order valence-electron chi connectivity index (χ2n) is 3.24. The maximum Gasteiger partial charge on any atom is 0.232 e. The monoisotopic (exact) mass is 201 g/mol. The molecule has 0 radical (unpaired) electrons. The molecular weight excluding hydrogens is 190 g/mol. The first-order valence-corrected chi connectivity index (χ1v) is 4.26. The Morgan fingerprint density at radius 3 is 2.62 bits per heavy atom. The fraction of sp³-hybridized carbons (Fsp3) is 0.444. The molecule has 13 heavy (non-hydrogen) atoms. The maximum absolute atomic E-state index is 9.72. The Hall–Kier alpha value is -0.800. The summed E-state index contributed by atoms with van der Waals surface area (Å²) in [4.78, 5) is 3.91. The molecule has 4 heteroatoms. The van der Waals surface area contributed by atoms with Crippen LogP contribution in [0.2, 0.25) is 5.02 Å². The Bertz CT molecular complexity index is 307. The largest absolute Gasteiger partial charge is 0.480 e. The van der Waals surface area contributed by atoms with Crippen LogP contribution in [0.15, 0.2) is 12.3 Å². The molecule has 0 bridgehead atoms. The first kappa shape index (κ1) is 10.3. The highest BCUT2D eigenvalue weighted by Crippen LogP contribution is 2.32. The SMILES string of the molecule is COc1nccc(C(C)(C)O)c1Cl. The minimum absolute atomic E-state index is 0.335. The maximum atomic E-state index is 9.72. The predicted octanol–water partition coefficient (Wildman–Crippen LogP) is 1.97. The molecule has 1 aromatic rings. The lowest BCUT2D eigenvalue weighted by Gasteiger charge is -2.19.